The molecule has 2 aliphatic rings. The molecule has 3 aromatic rings. The number of carbonyl (C=O) groups excluding carboxylic acids is 1. The minimum atomic E-state index is -0.409. The van der Waals surface area contributed by atoms with Crippen LogP contribution in [-0.2, 0) is 4.79 Å². The van der Waals surface area contributed by atoms with Crippen molar-refractivity contribution in [3.63, 3.8) is 0 Å². The summed E-state index contributed by atoms with van der Waals surface area (Å²) in [7, 11) is 0. The maximum atomic E-state index is 13.6. The summed E-state index contributed by atoms with van der Waals surface area (Å²) < 4.78 is 27.3. The fourth-order valence-corrected chi connectivity index (χ4v) is 5.79. The molecular weight excluding hydrogens is 504 g/mol. The van der Waals surface area contributed by atoms with Crippen LogP contribution in [0.1, 0.15) is 43.5 Å². The molecule has 2 aliphatic heterocycles. The van der Waals surface area contributed by atoms with Crippen LogP contribution in [0.2, 0.25) is 0 Å². The molecule has 4 nitrogen and oxygen atoms in total. The normalized spacial score (nSPS) is 17.5. The molecule has 200 valence electrons. The van der Waals surface area contributed by atoms with Crippen LogP contribution in [0.5, 0.6) is 0 Å². The molecule has 0 radical (unpaired) electrons. The molecule has 1 amide bonds. The summed E-state index contributed by atoms with van der Waals surface area (Å²) in [5.41, 5.74) is 4.77. The zero-order valence-corrected chi connectivity index (χ0v) is 22.8. The number of carbonyl (C=O) groups is 1. The number of nitrogens with zero attached hydrogens (tertiary/aromatic N) is 3. The number of benzene rings is 3. The van der Waals surface area contributed by atoms with Gasteiger partial charge in [0.1, 0.15) is 11.6 Å². The summed E-state index contributed by atoms with van der Waals surface area (Å²) in [5, 5.41) is 0. The second-order valence-corrected chi connectivity index (χ2v) is 10.5. The van der Waals surface area contributed by atoms with E-state index in [1.165, 1.54) is 29.8 Å². The second-order valence-electron chi connectivity index (χ2n) is 10.5. The van der Waals surface area contributed by atoms with Gasteiger partial charge in [-0.15, -0.1) is 12.4 Å². The van der Waals surface area contributed by atoms with Gasteiger partial charge >= 0.3 is 0 Å². The number of piperazine rings is 1. The van der Waals surface area contributed by atoms with Crippen LogP contribution in [0.3, 0.4) is 0 Å². The van der Waals surface area contributed by atoms with E-state index in [0.29, 0.717) is 6.54 Å². The van der Waals surface area contributed by atoms with E-state index in [0.717, 1.165) is 48.6 Å². The summed E-state index contributed by atoms with van der Waals surface area (Å²) in [6.07, 6.45) is 2.17. The highest BCUT2D eigenvalue weighted by atomic mass is 35.5. The van der Waals surface area contributed by atoms with Crippen LogP contribution in [0.15, 0.2) is 78.9 Å². The van der Waals surface area contributed by atoms with Crippen molar-refractivity contribution >= 4 is 29.6 Å². The molecule has 3 aromatic carbocycles. The van der Waals surface area contributed by atoms with Gasteiger partial charge in [0.2, 0.25) is 5.91 Å². The summed E-state index contributed by atoms with van der Waals surface area (Å²) in [5.74, 6) is -0.474. The Labute approximate surface area is 230 Å². The summed E-state index contributed by atoms with van der Waals surface area (Å²) in [6.45, 7) is 9.55. The number of rotatable bonds is 5. The Bertz CT molecular complexity index is 1250. The van der Waals surface area contributed by atoms with Crippen molar-refractivity contribution in [1.82, 2.24) is 9.80 Å². The first-order chi connectivity index (χ1) is 17.7. The molecule has 7 heteroatoms. The zero-order valence-electron chi connectivity index (χ0n) is 22.0. The molecule has 0 saturated carbocycles. The van der Waals surface area contributed by atoms with Crippen molar-refractivity contribution in [2.45, 2.75) is 32.4 Å². The number of hydrogen-bond donors (Lipinski definition) is 0. The topological polar surface area (TPSA) is 26.8 Å². The van der Waals surface area contributed by atoms with Gasteiger partial charge in [0.25, 0.3) is 0 Å². The molecule has 0 aliphatic carbocycles. The molecule has 0 spiro atoms. The minimum Gasteiger partial charge on any atom is -0.302 e. The van der Waals surface area contributed by atoms with Gasteiger partial charge < -0.3 is 4.90 Å². The minimum absolute atomic E-state index is 0. The first-order valence-corrected chi connectivity index (χ1v) is 12.8. The standard InChI is InChI=1S/C31H33F2N3O.ClH/c1-22-20-31(2,3)36(28-7-5-4-6-27(22)28)29(37)21-34-16-18-35(19-17-34)30(23-8-12-25(32)13-9-23)24-10-14-26(33)15-11-24;/h4-15,20,30H,16-19,21H2,1-3H3;1H. The number of amides is 1. The third-order valence-electron chi connectivity index (χ3n) is 7.47. The molecule has 0 unspecified atom stereocenters. The number of fused-ring (bicyclic) bond motifs is 1. The van der Waals surface area contributed by atoms with Crippen molar-refractivity contribution in [1.29, 1.82) is 0 Å². The van der Waals surface area contributed by atoms with Crippen molar-refractivity contribution in [2.75, 3.05) is 37.6 Å². The van der Waals surface area contributed by atoms with Gasteiger partial charge in [0.15, 0.2) is 0 Å². The van der Waals surface area contributed by atoms with E-state index in [-0.39, 0.29) is 36.0 Å². The average Bonchev–Trinajstić information content (AvgIpc) is 2.87. The molecule has 0 atom stereocenters. The fraction of sp³-hybridized carbons (Fsp3) is 0.323. The van der Waals surface area contributed by atoms with Gasteiger partial charge in [0, 0.05) is 31.7 Å². The summed E-state index contributed by atoms with van der Waals surface area (Å²) >= 11 is 0. The Morgan fingerprint density at radius 1 is 0.842 bits per heavy atom. The van der Waals surface area contributed by atoms with E-state index in [1.54, 1.807) is 24.3 Å². The molecule has 38 heavy (non-hydrogen) atoms. The third-order valence-corrected chi connectivity index (χ3v) is 7.47. The summed E-state index contributed by atoms with van der Waals surface area (Å²) in [6, 6.07) is 21.0. The average molecular weight is 538 g/mol. The van der Waals surface area contributed by atoms with Crippen LogP contribution in [0, 0.1) is 11.6 Å². The summed E-state index contributed by atoms with van der Waals surface area (Å²) in [4.78, 5) is 20.1. The lowest BCUT2D eigenvalue weighted by molar-refractivity contribution is -0.121. The maximum Gasteiger partial charge on any atom is 0.241 e. The highest BCUT2D eigenvalue weighted by Gasteiger charge is 2.36. The number of halogens is 3. The lowest BCUT2D eigenvalue weighted by Gasteiger charge is -2.44. The lowest BCUT2D eigenvalue weighted by Crippen LogP contribution is -2.55. The molecule has 1 saturated heterocycles. The lowest BCUT2D eigenvalue weighted by atomic mass is 9.88. The van der Waals surface area contributed by atoms with Crippen LogP contribution < -0.4 is 4.90 Å². The van der Waals surface area contributed by atoms with Crippen LogP contribution in [0.25, 0.3) is 5.57 Å². The fourth-order valence-electron chi connectivity index (χ4n) is 5.79. The van der Waals surface area contributed by atoms with Crippen LogP contribution in [-0.4, -0.2) is 54.0 Å². The molecular formula is C31H34ClF2N3O. The van der Waals surface area contributed by atoms with Crippen molar-refractivity contribution in [2.24, 2.45) is 0 Å². The van der Waals surface area contributed by atoms with Crippen LogP contribution in [0.4, 0.5) is 14.5 Å². The number of para-hydroxylation sites is 1. The Morgan fingerprint density at radius 3 is 1.92 bits per heavy atom. The molecule has 2 heterocycles. The van der Waals surface area contributed by atoms with E-state index in [9.17, 15) is 13.6 Å². The van der Waals surface area contributed by atoms with Crippen molar-refractivity contribution < 1.29 is 13.6 Å². The first kappa shape index (κ1) is 28.0. The van der Waals surface area contributed by atoms with Gasteiger partial charge in [-0.25, -0.2) is 8.78 Å². The first-order valence-electron chi connectivity index (χ1n) is 12.8. The Hall–Kier alpha value is -3.06. The van der Waals surface area contributed by atoms with Gasteiger partial charge in [0.05, 0.1) is 23.8 Å². The van der Waals surface area contributed by atoms with Gasteiger partial charge in [-0.05, 0) is 67.8 Å². The van der Waals surface area contributed by atoms with E-state index < -0.39 is 5.54 Å². The van der Waals surface area contributed by atoms with E-state index in [4.69, 9.17) is 0 Å². The van der Waals surface area contributed by atoms with E-state index in [2.05, 4.69) is 42.7 Å². The predicted molar refractivity (Wildman–Crippen MR) is 152 cm³/mol. The molecule has 0 bridgehead atoms. The monoisotopic (exact) mass is 537 g/mol. The van der Waals surface area contributed by atoms with Gasteiger partial charge in [-0.3, -0.25) is 14.6 Å². The van der Waals surface area contributed by atoms with Crippen LogP contribution >= 0.6 is 12.4 Å². The van der Waals surface area contributed by atoms with Crippen molar-refractivity contribution in [3.8, 4) is 0 Å². The second kappa shape index (κ2) is 11.4. The largest absolute Gasteiger partial charge is 0.302 e. The van der Waals surface area contributed by atoms with E-state index in [1.807, 2.05) is 23.1 Å². The van der Waals surface area contributed by atoms with Gasteiger partial charge in [-0.2, -0.15) is 0 Å². The Kier molecular flexibility index (Phi) is 8.36. The predicted octanol–water partition coefficient (Wildman–Crippen LogP) is 6.32. The Balaban J connectivity index is 0.00000336. The smallest absolute Gasteiger partial charge is 0.241 e. The molecule has 0 N–H and O–H groups in total. The highest BCUT2D eigenvalue weighted by molar-refractivity contribution is 6.01. The van der Waals surface area contributed by atoms with Gasteiger partial charge in [-0.1, -0.05) is 48.5 Å². The highest BCUT2D eigenvalue weighted by Crippen LogP contribution is 2.39. The van der Waals surface area contributed by atoms with Crippen molar-refractivity contribution in [3.05, 3.63) is 107 Å². The molecule has 1 fully saturated rings. The van der Waals surface area contributed by atoms with E-state index >= 15 is 0 Å². The molecule has 0 aromatic heterocycles. The number of hydrogen-bond acceptors (Lipinski definition) is 3. The Morgan fingerprint density at radius 2 is 1.37 bits per heavy atom. The zero-order chi connectivity index (χ0) is 26.2. The third kappa shape index (κ3) is 5.68. The SMILES string of the molecule is CC1=CC(C)(C)N(C(=O)CN2CCN(C(c3ccc(F)cc3)c3ccc(F)cc3)CC2)c2ccccc21.Cl. The maximum absolute atomic E-state index is 13.6. The number of anilines is 1. The number of allylic oxidation sites excluding steroid dienone is 1. The quantitative estimate of drug-likeness (QED) is 0.381. The molecule has 5 rings (SSSR count).